The first kappa shape index (κ1) is 18.2. The van der Waals surface area contributed by atoms with E-state index in [1.807, 2.05) is 11.0 Å². The number of nitrogens with one attached hydrogen (secondary N) is 1. The molecule has 0 radical (unpaired) electrons. The second kappa shape index (κ2) is 8.68. The number of hydrogen-bond donors (Lipinski definition) is 1. The van der Waals surface area contributed by atoms with Crippen molar-refractivity contribution < 1.29 is 14.3 Å². The van der Waals surface area contributed by atoms with Crippen molar-refractivity contribution >= 4 is 6.09 Å². The van der Waals surface area contributed by atoms with Gasteiger partial charge in [0.05, 0.1) is 12.7 Å². The van der Waals surface area contributed by atoms with Crippen LogP contribution in [0.4, 0.5) is 4.79 Å². The first-order valence-electron chi connectivity index (χ1n) is 9.48. The van der Waals surface area contributed by atoms with E-state index in [2.05, 4.69) is 43.4 Å². The molecule has 0 aliphatic carbocycles. The van der Waals surface area contributed by atoms with Crippen LogP contribution < -0.4 is 5.32 Å². The summed E-state index contributed by atoms with van der Waals surface area (Å²) < 4.78 is 11.3. The normalized spacial score (nSPS) is 24.7. The fraction of sp³-hybridized carbons (Fsp3) is 0.650. The molecule has 5 nitrogen and oxygen atoms in total. The fourth-order valence-corrected chi connectivity index (χ4v) is 3.59. The maximum atomic E-state index is 12.1. The van der Waals surface area contributed by atoms with E-state index in [9.17, 15) is 4.79 Å². The van der Waals surface area contributed by atoms with Gasteiger partial charge in [0.25, 0.3) is 0 Å². The van der Waals surface area contributed by atoms with E-state index >= 15 is 0 Å². The highest BCUT2D eigenvalue weighted by Crippen LogP contribution is 2.30. The molecule has 25 heavy (non-hydrogen) atoms. The molecule has 1 aromatic carbocycles. The van der Waals surface area contributed by atoms with Crippen molar-refractivity contribution in [2.24, 2.45) is 5.92 Å². The highest BCUT2D eigenvalue weighted by atomic mass is 16.6. The van der Waals surface area contributed by atoms with Crippen molar-refractivity contribution in [3.05, 3.63) is 35.9 Å². The summed E-state index contributed by atoms with van der Waals surface area (Å²) in [5.41, 5.74) is 1.24. The minimum Gasteiger partial charge on any atom is -0.449 e. The Bertz CT molecular complexity index is 541. The number of benzene rings is 1. The average molecular weight is 346 g/mol. The topological polar surface area (TPSA) is 50.8 Å². The SMILES string of the molecule is CC(C)COC(=O)N1CCC(N[C@@H]2CCO[C@H]2c2ccccc2)CC1. The van der Waals surface area contributed by atoms with E-state index in [1.54, 1.807) is 0 Å². The third kappa shape index (κ3) is 4.95. The summed E-state index contributed by atoms with van der Waals surface area (Å²) in [6.07, 6.45) is 2.94. The maximum absolute atomic E-state index is 12.1. The highest BCUT2D eigenvalue weighted by molar-refractivity contribution is 5.67. The summed E-state index contributed by atoms with van der Waals surface area (Å²) in [6.45, 7) is 6.93. The van der Waals surface area contributed by atoms with Crippen LogP contribution in [-0.2, 0) is 9.47 Å². The van der Waals surface area contributed by atoms with E-state index in [4.69, 9.17) is 9.47 Å². The van der Waals surface area contributed by atoms with Gasteiger partial charge < -0.3 is 19.7 Å². The quantitative estimate of drug-likeness (QED) is 0.888. The lowest BCUT2D eigenvalue weighted by atomic mass is 9.98. The minimum absolute atomic E-state index is 0.134. The Kier molecular flexibility index (Phi) is 6.32. The lowest BCUT2D eigenvalue weighted by molar-refractivity contribution is 0.0756. The Morgan fingerprint density at radius 2 is 1.96 bits per heavy atom. The van der Waals surface area contributed by atoms with Crippen molar-refractivity contribution in [2.45, 2.75) is 51.3 Å². The van der Waals surface area contributed by atoms with Gasteiger partial charge in [-0.05, 0) is 30.7 Å². The minimum atomic E-state index is -0.168. The Morgan fingerprint density at radius 1 is 1.24 bits per heavy atom. The van der Waals surface area contributed by atoms with Gasteiger partial charge in [0, 0.05) is 31.8 Å². The van der Waals surface area contributed by atoms with Gasteiger partial charge in [0.2, 0.25) is 0 Å². The molecule has 2 atom stereocenters. The fourth-order valence-electron chi connectivity index (χ4n) is 3.59. The molecule has 1 amide bonds. The van der Waals surface area contributed by atoms with E-state index in [1.165, 1.54) is 5.56 Å². The van der Waals surface area contributed by atoms with Crippen LogP contribution in [-0.4, -0.2) is 49.4 Å². The van der Waals surface area contributed by atoms with E-state index in [-0.39, 0.29) is 12.2 Å². The Morgan fingerprint density at radius 3 is 2.64 bits per heavy atom. The highest BCUT2D eigenvalue weighted by Gasteiger charge is 2.32. The van der Waals surface area contributed by atoms with Crippen molar-refractivity contribution in [2.75, 3.05) is 26.3 Å². The van der Waals surface area contributed by atoms with Crippen LogP contribution >= 0.6 is 0 Å². The number of rotatable bonds is 5. The number of amides is 1. The van der Waals surface area contributed by atoms with E-state index < -0.39 is 0 Å². The van der Waals surface area contributed by atoms with Crippen LogP contribution in [0.3, 0.4) is 0 Å². The van der Waals surface area contributed by atoms with Crippen LogP contribution in [0.5, 0.6) is 0 Å². The Balaban J connectivity index is 1.46. The van der Waals surface area contributed by atoms with Crippen LogP contribution in [0.1, 0.15) is 44.8 Å². The van der Waals surface area contributed by atoms with Crippen LogP contribution in [0.2, 0.25) is 0 Å². The second-order valence-corrected chi connectivity index (χ2v) is 7.50. The zero-order valence-electron chi connectivity index (χ0n) is 15.3. The zero-order valence-corrected chi connectivity index (χ0v) is 15.3. The van der Waals surface area contributed by atoms with Gasteiger partial charge >= 0.3 is 6.09 Å². The molecule has 138 valence electrons. The Hall–Kier alpha value is -1.59. The molecule has 2 fully saturated rings. The first-order valence-corrected chi connectivity index (χ1v) is 9.48. The molecular formula is C20H30N2O3. The molecule has 2 aliphatic heterocycles. The molecule has 0 saturated carbocycles. The second-order valence-electron chi connectivity index (χ2n) is 7.50. The van der Waals surface area contributed by atoms with Gasteiger partial charge in [-0.3, -0.25) is 0 Å². The lowest BCUT2D eigenvalue weighted by Crippen LogP contribution is -2.48. The summed E-state index contributed by atoms with van der Waals surface area (Å²) in [5, 5.41) is 3.77. The molecule has 0 unspecified atom stereocenters. The molecule has 0 bridgehead atoms. The summed E-state index contributed by atoms with van der Waals surface area (Å²) in [7, 11) is 0. The van der Waals surface area contributed by atoms with E-state index in [0.29, 0.717) is 24.6 Å². The molecule has 2 heterocycles. The van der Waals surface area contributed by atoms with Crippen LogP contribution in [0.25, 0.3) is 0 Å². The molecule has 3 rings (SSSR count). The van der Waals surface area contributed by atoms with Crippen molar-refractivity contribution in [1.29, 1.82) is 0 Å². The van der Waals surface area contributed by atoms with Gasteiger partial charge in [0.15, 0.2) is 0 Å². The molecule has 1 aromatic rings. The molecule has 1 N–H and O–H groups in total. The first-order chi connectivity index (χ1) is 12.1. The van der Waals surface area contributed by atoms with Crippen molar-refractivity contribution in [3.63, 3.8) is 0 Å². The predicted octanol–water partition coefficient (Wildman–Crippen LogP) is 3.36. The lowest BCUT2D eigenvalue weighted by Gasteiger charge is -2.34. The number of carbonyl (C=O) groups excluding carboxylic acids is 1. The summed E-state index contributed by atoms with van der Waals surface area (Å²) in [5.74, 6) is 0.375. The average Bonchev–Trinajstić information content (AvgIpc) is 3.09. The summed E-state index contributed by atoms with van der Waals surface area (Å²) in [6, 6.07) is 11.2. The van der Waals surface area contributed by atoms with Crippen LogP contribution in [0.15, 0.2) is 30.3 Å². The maximum Gasteiger partial charge on any atom is 0.409 e. The molecule has 2 saturated heterocycles. The number of ether oxygens (including phenoxy) is 2. The monoisotopic (exact) mass is 346 g/mol. The standard InChI is InChI=1S/C20H30N2O3/c1-15(2)14-25-20(23)22-11-8-17(9-12-22)21-18-10-13-24-19(18)16-6-4-3-5-7-16/h3-7,15,17-19,21H,8-14H2,1-2H3/t18-,19+/m1/s1. The van der Waals surface area contributed by atoms with Crippen LogP contribution in [0, 0.1) is 5.92 Å². The summed E-state index contributed by atoms with van der Waals surface area (Å²) >= 11 is 0. The zero-order chi connectivity index (χ0) is 17.6. The molecular weight excluding hydrogens is 316 g/mol. The van der Waals surface area contributed by atoms with E-state index in [0.717, 1.165) is 39.0 Å². The molecule has 0 spiro atoms. The van der Waals surface area contributed by atoms with Gasteiger partial charge in [0.1, 0.15) is 0 Å². The number of piperidine rings is 1. The largest absolute Gasteiger partial charge is 0.449 e. The summed E-state index contributed by atoms with van der Waals surface area (Å²) in [4.78, 5) is 13.9. The number of nitrogens with zero attached hydrogens (tertiary/aromatic N) is 1. The van der Waals surface area contributed by atoms with Crippen molar-refractivity contribution in [1.82, 2.24) is 10.2 Å². The number of hydrogen-bond acceptors (Lipinski definition) is 4. The van der Waals surface area contributed by atoms with Crippen molar-refractivity contribution in [3.8, 4) is 0 Å². The molecule has 5 heteroatoms. The third-order valence-electron chi connectivity index (χ3n) is 4.96. The molecule has 0 aromatic heterocycles. The number of carbonyl (C=O) groups is 1. The third-order valence-corrected chi connectivity index (χ3v) is 4.96. The van der Waals surface area contributed by atoms with Gasteiger partial charge in [-0.2, -0.15) is 0 Å². The van der Waals surface area contributed by atoms with Gasteiger partial charge in [-0.1, -0.05) is 44.2 Å². The van der Waals surface area contributed by atoms with Gasteiger partial charge in [-0.25, -0.2) is 4.79 Å². The number of likely N-dealkylation sites (tertiary alicyclic amines) is 1. The predicted molar refractivity (Wildman–Crippen MR) is 97.5 cm³/mol. The van der Waals surface area contributed by atoms with Gasteiger partial charge in [-0.15, -0.1) is 0 Å². The Labute approximate surface area is 150 Å². The smallest absolute Gasteiger partial charge is 0.409 e. The molecule has 2 aliphatic rings.